The molecular formula is C32H33N3O7. The number of amidine groups is 1. The Morgan fingerprint density at radius 3 is 2.12 bits per heavy atom. The lowest BCUT2D eigenvalue weighted by Crippen LogP contribution is -2.40. The molecule has 3 aromatic rings. The third kappa shape index (κ3) is 8.88. The van der Waals surface area contributed by atoms with Crippen molar-refractivity contribution in [3.05, 3.63) is 106 Å². The van der Waals surface area contributed by atoms with Crippen LogP contribution in [0.2, 0.25) is 0 Å². The van der Waals surface area contributed by atoms with Gasteiger partial charge in [-0.3, -0.25) is 10.2 Å². The Labute approximate surface area is 244 Å². The second-order valence-electron chi connectivity index (χ2n) is 9.23. The number of hydrogen-bond donors (Lipinski definition) is 3. The Morgan fingerprint density at radius 2 is 1.52 bits per heavy atom. The number of nitrogens with one attached hydrogen (secondary N) is 2. The fourth-order valence-electron chi connectivity index (χ4n) is 3.78. The van der Waals surface area contributed by atoms with E-state index in [0.717, 1.165) is 5.56 Å². The lowest BCUT2D eigenvalue weighted by molar-refractivity contribution is -0.148. The minimum Gasteiger partial charge on any atom is -0.462 e. The lowest BCUT2D eigenvalue weighted by Gasteiger charge is -2.15. The van der Waals surface area contributed by atoms with Crippen LogP contribution >= 0.6 is 0 Å². The van der Waals surface area contributed by atoms with E-state index in [1.165, 1.54) is 6.08 Å². The van der Waals surface area contributed by atoms with Gasteiger partial charge in [-0.05, 0) is 91.6 Å². The number of nitrogen functional groups attached to an aromatic ring is 1. The number of carbonyl (C=O) groups is 4. The molecule has 0 aliphatic rings. The highest BCUT2D eigenvalue weighted by molar-refractivity contribution is 5.96. The molecule has 4 N–H and O–H groups in total. The van der Waals surface area contributed by atoms with E-state index < -0.39 is 29.9 Å². The van der Waals surface area contributed by atoms with Crippen molar-refractivity contribution < 1.29 is 33.4 Å². The van der Waals surface area contributed by atoms with E-state index in [2.05, 4.69) is 5.32 Å². The maximum absolute atomic E-state index is 12.6. The molecular weight excluding hydrogens is 538 g/mol. The van der Waals surface area contributed by atoms with Gasteiger partial charge in [-0.15, -0.1) is 0 Å². The summed E-state index contributed by atoms with van der Waals surface area (Å²) >= 11 is 0. The molecule has 10 nitrogen and oxygen atoms in total. The van der Waals surface area contributed by atoms with Crippen LogP contribution < -0.4 is 15.8 Å². The summed E-state index contributed by atoms with van der Waals surface area (Å²) in [6.07, 6.45) is 3.22. The van der Waals surface area contributed by atoms with E-state index in [1.54, 1.807) is 93.6 Å². The van der Waals surface area contributed by atoms with Crippen LogP contribution in [0.5, 0.6) is 5.75 Å². The zero-order chi connectivity index (χ0) is 30.6. The number of amides is 1. The van der Waals surface area contributed by atoms with Crippen LogP contribution in [0, 0.1) is 12.3 Å². The van der Waals surface area contributed by atoms with Crippen LogP contribution in [0.1, 0.15) is 63.2 Å². The average Bonchev–Trinajstić information content (AvgIpc) is 2.98. The lowest BCUT2D eigenvalue weighted by atomic mass is 10.0. The molecule has 3 aromatic carbocycles. The molecule has 3 rings (SSSR count). The number of ether oxygens (including phenoxy) is 3. The molecule has 1 unspecified atom stereocenters. The molecule has 0 radical (unpaired) electrons. The molecule has 42 heavy (non-hydrogen) atoms. The third-order valence-corrected chi connectivity index (χ3v) is 6.15. The minimum absolute atomic E-state index is 0.0121. The number of rotatable bonds is 12. The van der Waals surface area contributed by atoms with Crippen molar-refractivity contribution >= 4 is 35.7 Å². The summed E-state index contributed by atoms with van der Waals surface area (Å²) in [7, 11) is 0. The molecule has 0 aliphatic heterocycles. The van der Waals surface area contributed by atoms with E-state index in [1.807, 2.05) is 0 Å². The number of aryl methyl sites for hydroxylation is 1. The van der Waals surface area contributed by atoms with Gasteiger partial charge < -0.3 is 25.3 Å². The second-order valence-corrected chi connectivity index (χ2v) is 9.23. The second kappa shape index (κ2) is 14.9. The number of nitrogens with two attached hydrogens (primary N) is 1. The monoisotopic (exact) mass is 571 g/mol. The summed E-state index contributed by atoms with van der Waals surface area (Å²) in [6, 6.07) is 16.9. The molecule has 10 heteroatoms. The predicted octanol–water partition coefficient (Wildman–Crippen LogP) is 4.33. The van der Waals surface area contributed by atoms with Crippen LogP contribution in [0.25, 0.3) is 6.08 Å². The number of esters is 3. The van der Waals surface area contributed by atoms with Gasteiger partial charge in [-0.2, -0.15) is 0 Å². The highest BCUT2D eigenvalue weighted by Gasteiger charge is 2.20. The Balaban J connectivity index is 1.53. The molecule has 0 bridgehead atoms. The van der Waals surface area contributed by atoms with E-state index in [-0.39, 0.29) is 19.0 Å². The standard InChI is InChI=1S/C32H33N3O7/c1-4-27(32(39)41-19-21-6-8-24(9-7-21)30(37)40-5-2)35-28(36)17-14-22-10-11-25(18-20(22)3)31(38)42-26-15-12-23(13-16-26)29(33)34/h6-18,27H,4-5,19H2,1-3H3,(H3,33,34)(H,35,36)/b17-14+. The summed E-state index contributed by atoms with van der Waals surface area (Å²) in [5.74, 6) is -1.80. The summed E-state index contributed by atoms with van der Waals surface area (Å²) in [5, 5.41) is 10.1. The molecule has 1 atom stereocenters. The van der Waals surface area contributed by atoms with Gasteiger partial charge >= 0.3 is 17.9 Å². The van der Waals surface area contributed by atoms with Gasteiger partial charge in [0, 0.05) is 11.6 Å². The fourth-order valence-corrected chi connectivity index (χ4v) is 3.78. The van der Waals surface area contributed by atoms with E-state index in [4.69, 9.17) is 25.4 Å². The maximum Gasteiger partial charge on any atom is 0.343 e. The van der Waals surface area contributed by atoms with Crippen molar-refractivity contribution in [2.75, 3.05) is 6.61 Å². The van der Waals surface area contributed by atoms with Crippen molar-refractivity contribution in [3.8, 4) is 5.75 Å². The summed E-state index contributed by atoms with van der Waals surface area (Å²) in [6.45, 7) is 5.54. The molecule has 0 aromatic heterocycles. The summed E-state index contributed by atoms with van der Waals surface area (Å²) in [4.78, 5) is 49.4. The number of benzene rings is 3. The van der Waals surface area contributed by atoms with Crippen LogP contribution in [0.4, 0.5) is 0 Å². The zero-order valence-electron chi connectivity index (χ0n) is 23.6. The largest absolute Gasteiger partial charge is 0.462 e. The summed E-state index contributed by atoms with van der Waals surface area (Å²) in [5.41, 5.74) is 8.81. The van der Waals surface area contributed by atoms with Gasteiger partial charge in [0.15, 0.2) is 0 Å². The first kappa shape index (κ1) is 31.3. The third-order valence-electron chi connectivity index (χ3n) is 6.15. The van der Waals surface area contributed by atoms with Crippen LogP contribution in [-0.4, -0.2) is 42.3 Å². The van der Waals surface area contributed by atoms with Gasteiger partial charge in [0.2, 0.25) is 5.91 Å². The highest BCUT2D eigenvalue weighted by Crippen LogP contribution is 2.17. The van der Waals surface area contributed by atoms with Crippen LogP contribution in [-0.2, 0) is 25.7 Å². The first-order chi connectivity index (χ1) is 20.1. The van der Waals surface area contributed by atoms with Gasteiger partial charge in [0.1, 0.15) is 24.2 Å². The number of hydrogen-bond acceptors (Lipinski definition) is 8. The van der Waals surface area contributed by atoms with Gasteiger partial charge in [0.05, 0.1) is 17.7 Å². The molecule has 0 fully saturated rings. The SMILES string of the molecule is CCOC(=O)c1ccc(COC(=O)C(CC)NC(=O)/C=C/c2ccc(C(=O)Oc3ccc(C(=N)N)cc3)cc2C)cc1. The Kier molecular flexibility index (Phi) is 11.1. The molecule has 0 spiro atoms. The van der Waals surface area contributed by atoms with Crippen molar-refractivity contribution in [3.63, 3.8) is 0 Å². The Morgan fingerprint density at radius 1 is 0.881 bits per heavy atom. The van der Waals surface area contributed by atoms with Gasteiger partial charge in [-0.1, -0.05) is 25.1 Å². The van der Waals surface area contributed by atoms with Crippen LogP contribution in [0.3, 0.4) is 0 Å². The van der Waals surface area contributed by atoms with Gasteiger partial charge in [-0.25, -0.2) is 14.4 Å². The normalized spacial score (nSPS) is 11.4. The number of carbonyl (C=O) groups excluding carboxylic acids is 4. The maximum atomic E-state index is 12.6. The average molecular weight is 572 g/mol. The first-order valence-corrected chi connectivity index (χ1v) is 13.3. The fraction of sp³-hybridized carbons (Fsp3) is 0.219. The van der Waals surface area contributed by atoms with Crippen molar-refractivity contribution in [2.45, 2.75) is 39.8 Å². The minimum atomic E-state index is -0.844. The topological polar surface area (TPSA) is 158 Å². The quantitative estimate of drug-likeness (QED) is 0.0953. The van der Waals surface area contributed by atoms with Crippen molar-refractivity contribution in [2.24, 2.45) is 5.73 Å². The Bertz CT molecular complexity index is 1480. The molecule has 0 saturated carbocycles. The highest BCUT2D eigenvalue weighted by atomic mass is 16.5. The van der Waals surface area contributed by atoms with E-state index in [9.17, 15) is 19.2 Å². The predicted molar refractivity (Wildman–Crippen MR) is 157 cm³/mol. The molecule has 0 saturated heterocycles. The molecule has 0 heterocycles. The Hall–Kier alpha value is -5.25. The molecule has 1 amide bonds. The van der Waals surface area contributed by atoms with Gasteiger partial charge in [0.25, 0.3) is 0 Å². The van der Waals surface area contributed by atoms with Crippen molar-refractivity contribution in [1.82, 2.24) is 5.32 Å². The smallest absolute Gasteiger partial charge is 0.343 e. The zero-order valence-corrected chi connectivity index (χ0v) is 23.6. The van der Waals surface area contributed by atoms with Crippen LogP contribution in [0.15, 0.2) is 72.8 Å². The van der Waals surface area contributed by atoms with E-state index in [0.29, 0.717) is 40.0 Å². The summed E-state index contributed by atoms with van der Waals surface area (Å²) < 4.78 is 15.7. The molecule has 0 aliphatic carbocycles. The first-order valence-electron chi connectivity index (χ1n) is 13.3. The van der Waals surface area contributed by atoms with E-state index >= 15 is 0 Å². The molecule has 218 valence electrons. The van der Waals surface area contributed by atoms with Crippen molar-refractivity contribution in [1.29, 1.82) is 5.41 Å².